The molecule has 1 heterocycles. The Morgan fingerprint density at radius 3 is 2.86 bits per heavy atom. The first-order valence-electron chi connectivity index (χ1n) is 4.22. The molecule has 0 spiro atoms. The first-order chi connectivity index (χ1) is 6.65. The van der Waals surface area contributed by atoms with Gasteiger partial charge in [0.25, 0.3) is 0 Å². The number of likely N-dealkylation sites (N-methyl/N-ethyl adjacent to an activating group) is 1. The first kappa shape index (κ1) is 11.1. The maximum absolute atomic E-state index is 10.9. The van der Waals surface area contributed by atoms with Crippen LogP contribution in [0.5, 0.6) is 0 Å². The lowest BCUT2D eigenvalue weighted by atomic mass is 10.2. The SMILES string of the molecule is CCNC(C(=O)O)c1ccc(Br)cn1. The highest BCUT2D eigenvalue weighted by molar-refractivity contribution is 9.10. The summed E-state index contributed by atoms with van der Waals surface area (Å²) in [5.74, 6) is -0.915. The molecular formula is C9H11BrN2O2. The molecule has 14 heavy (non-hydrogen) atoms. The molecule has 4 nitrogen and oxygen atoms in total. The Kier molecular flexibility index (Phi) is 4.03. The lowest BCUT2D eigenvalue weighted by Gasteiger charge is -2.11. The van der Waals surface area contributed by atoms with Crippen LogP contribution in [0.3, 0.4) is 0 Å². The summed E-state index contributed by atoms with van der Waals surface area (Å²) in [6.45, 7) is 2.45. The Morgan fingerprint density at radius 2 is 2.43 bits per heavy atom. The van der Waals surface area contributed by atoms with Crippen molar-refractivity contribution in [1.29, 1.82) is 0 Å². The number of hydrogen-bond acceptors (Lipinski definition) is 3. The molecule has 1 atom stereocenters. The van der Waals surface area contributed by atoms with Crippen LogP contribution >= 0.6 is 15.9 Å². The zero-order valence-electron chi connectivity index (χ0n) is 7.70. The lowest BCUT2D eigenvalue weighted by molar-refractivity contribution is -0.139. The van der Waals surface area contributed by atoms with Crippen LogP contribution in [0.1, 0.15) is 18.7 Å². The molecule has 0 bridgehead atoms. The van der Waals surface area contributed by atoms with E-state index in [1.165, 1.54) is 0 Å². The van der Waals surface area contributed by atoms with Crippen LogP contribution in [0.2, 0.25) is 0 Å². The third kappa shape index (κ3) is 2.78. The Labute approximate surface area is 90.5 Å². The number of nitrogens with one attached hydrogen (secondary N) is 1. The summed E-state index contributed by atoms with van der Waals surface area (Å²) >= 11 is 3.24. The predicted molar refractivity (Wildman–Crippen MR) is 56.0 cm³/mol. The molecule has 0 radical (unpaired) electrons. The van der Waals surface area contributed by atoms with E-state index < -0.39 is 12.0 Å². The number of carboxylic acids is 1. The zero-order chi connectivity index (χ0) is 10.6. The third-order valence-corrected chi connectivity index (χ3v) is 2.17. The molecule has 5 heteroatoms. The van der Waals surface area contributed by atoms with Crippen molar-refractivity contribution in [2.45, 2.75) is 13.0 Å². The van der Waals surface area contributed by atoms with Gasteiger partial charge in [0.05, 0.1) is 5.69 Å². The molecular weight excluding hydrogens is 248 g/mol. The number of halogens is 1. The van der Waals surface area contributed by atoms with Gasteiger partial charge in [0.2, 0.25) is 0 Å². The van der Waals surface area contributed by atoms with Crippen molar-refractivity contribution in [2.75, 3.05) is 6.54 Å². The van der Waals surface area contributed by atoms with Crippen LogP contribution in [-0.2, 0) is 4.79 Å². The normalized spacial score (nSPS) is 12.4. The lowest BCUT2D eigenvalue weighted by Crippen LogP contribution is -2.28. The predicted octanol–water partition coefficient (Wildman–Crippen LogP) is 1.58. The Hall–Kier alpha value is -0.940. The molecule has 0 aliphatic rings. The van der Waals surface area contributed by atoms with Crippen LogP contribution in [0.4, 0.5) is 0 Å². The molecule has 1 aromatic heterocycles. The van der Waals surface area contributed by atoms with Crippen molar-refractivity contribution in [3.63, 3.8) is 0 Å². The van der Waals surface area contributed by atoms with E-state index in [0.29, 0.717) is 12.2 Å². The van der Waals surface area contributed by atoms with E-state index in [1.807, 2.05) is 6.92 Å². The summed E-state index contributed by atoms with van der Waals surface area (Å²) in [5, 5.41) is 11.8. The highest BCUT2D eigenvalue weighted by Crippen LogP contribution is 2.13. The third-order valence-electron chi connectivity index (χ3n) is 1.70. The Bertz CT molecular complexity index is 313. The van der Waals surface area contributed by atoms with Gasteiger partial charge >= 0.3 is 5.97 Å². The number of carboxylic acid groups (broad SMARTS) is 1. The summed E-state index contributed by atoms with van der Waals surface area (Å²) in [6.07, 6.45) is 1.59. The van der Waals surface area contributed by atoms with E-state index in [2.05, 4.69) is 26.2 Å². The first-order valence-corrected chi connectivity index (χ1v) is 5.02. The van der Waals surface area contributed by atoms with E-state index in [9.17, 15) is 4.79 Å². The van der Waals surface area contributed by atoms with Gasteiger partial charge in [-0.15, -0.1) is 0 Å². The van der Waals surface area contributed by atoms with Gasteiger partial charge < -0.3 is 5.11 Å². The van der Waals surface area contributed by atoms with Gasteiger partial charge in [-0.1, -0.05) is 6.92 Å². The smallest absolute Gasteiger partial charge is 0.326 e. The molecule has 0 amide bonds. The summed E-state index contributed by atoms with van der Waals surface area (Å²) < 4.78 is 0.835. The van der Waals surface area contributed by atoms with Crippen LogP contribution in [-0.4, -0.2) is 22.6 Å². The fourth-order valence-electron chi connectivity index (χ4n) is 1.08. The summed E-state index contributed by atoms with van der Waals surface area (Å²) in [7, 11) is 0. The van der Waals surface area contributed by atoms with E-state index in [1.54, 1.807) is 18.3 Å². The van der Waals surface area contributed by atoms with Gasteiger partial charge in [0, 0.05) is 10.7 Å². The van der Waals surface area contributed by atoms with Gasteiger partial charge in [-0.05, 0) is 34.6 Å². The molecule has 1 aromatic rings. The second kappa shape index (κ2) is 5.07. The molecule has 0 saturated carbocycles. The van der Waals surface area contributed by atoms with E-state index in [4.69, 9.17) is 5.11 Å². The Balaban J connectivity index is 2.87. The summed E-state index contributed by atoms with van der Waals surface area (Å²) in [6, 6.07) is 2.73. The van der Waals surface area contributed by atoms with Crippen molar-refractivity contribution < 1.29 is 9.90 Å². The number of rotatable bonds is 4. The molecule has 76 valence electrons. The van der Waals surface area contributed by atoms with Crippen molar-refractivity contribution in [3.05, 3.63) is 28.5 Å². The number of nitrogens with zero attached hydrogens (tertiary/aromatic N) is 1. The number of aliphatic carboxylic acids is 1. The van der Waals surface area contributed by atoms with Crippen LogP contribution in [0, 0.1) is 0 Å². The van der Waals surface area contributed by atoms with Crippen molar-refractivity contribution in [1.82, 2.24) is 10.3 Å². The van der Waals surface area contributed by atoms with Crippen molar-refractivity contribution >= 4 is 21.9 Å². The molecule has 0 aliphatic carbocycles. The molecule has 0 saturated heterocycles. The minimum absolute atomic E-state index is 0.516. The number of hydrogen-bond donors (Lipinski definition) is 2. The maximum atomic E-state index is 10.9. The highest BCUT2D eigenvalue weighted by Gasteiger charge is 2.19. The quantitative estimate of drug-likeness (QED) is 0.861. The van der Waals surface area contributed by atoms with E-state index >= 15 is 0 Å². The molecule has 1 rings (SSSR count). The molecule has 2 N–H and O–H groups in total. The monoisotopic (exact) mass is 258 g/mol. The van der Waals surface area contributed by atoms with Crippen LogP contribution < -0.4 is 5.32 Å². The molecule has 0 fully saturated rings. The average Bonchev–Trinajstić information content (AvgIpc) is 2.15. The Morgan fingerprint density at radius 1 is 1.71 bits per heavy atom. The van der Waals surface area contributed by atoms with Crippen LogP contribution in [0.25, 0.3) is 0 Å². The summed E-state index contributed by atoms with van der Waals surface area (Å²) in [4.78, 5) is 14.9. The van der Waals surface area contributed by atoms with Gasteiger partial charge in [0.1, 0.15) is 6.04 Å². The second-order valence-corrected chi connectivity index (χ2v) is 3.65. The van der Waals surface area contributed by atoms with Crippen LogP contribution in [0.15, 0.2) is 22.8 Å². The van der Waals surface area contributed by atoms with Crippen molar-refractivity contribution in [2.24, 2.45) is 0 Å². The minimum Gasteiger partial charge on any atom is -0.480 e. The number of pyridine rings is 1. The van der Waals surface area contributed by atoms with Gasteiger partial charge in [-0.3, -0.25) is 15.1 Å². The fourth-order valence-corrected chi connectivity index (χ4v) is 1.32. The van der Waals surface area contributed by atoms with Crippen molar-refractivity contribution in [3.8, 4) is 0 Å². The van der Waals surface area contributed by atoms with Gasteiger partial charge in [-0.25, -0.2) is 0 Å². The number of aromatic nitrogens is 1. The maximum Gasteiger partial charge on any atom is 0.326 e. The zero-order valence-corrected chi connectivity index (χ0v) is 9.28. The molecule has 1 unspecified atom stereocenters. The standard InChI is InChI=1S/C9H11BrN2O2/c1-2-11-8(9(13)14)7-4-3-6(10)5-12-7/h3-5,8,11H,2H2,1H3,(H,13,14). The second-order valence-electron chi connectivity index (χ2n) is 2.73. The van der Waals surface area contributed by atoms with Gasteiger partial charge in [0.15, 0.2) is 0 Å². The molecule has 0 aliphatic heterocycles. The largest absolute Gasteiger partial charge is 0.480 e. The van der Waals surface area contributed by atoms with E-state index in [0.717, 1.165) is 4.47 Å². The van der Waals surface area contributed by atoms with Gasteiger partial charge in [-0.2, -0.15) is 0 Å². The topological polar surface area (TPSA) is 62.2 Å². The molecule has 0 aromatic carbocycles. The highest BCUT2D eigenvalue weighted by atomic mass is 79.9. The fraction of sp³-hybridized carbons (Fsp3) is 0.333. The minimum atomic E-state index is -0.915. The van der Waals surface area contributed by atoms with E-state index in [-0.39, 0.29) is 0 Å². The average molecular weight is 259 g/mol. The number of carbonyl (C=O) groups is 1. The summed E-state index contributed by atoms with van der Waals surface area (Å²) in [5.41, 5.74) is 0.516.